The molecule has 1 heterocycles. The number of aryl methyl sites for hydroxylation is 1. The highest BCUT2D eigenvalue weighted by molar-refractivity contribution is 7.09. The van der Waals surface area contributed by atoms with Gasteiger partial charge in [-0.2, -0.15) is 0 Å². The monoisotopic (exact) mass is 212 g/mol. The Hall–Kier alpha value is -0.410. The predicted octanol–water partition coefficient (Wildman–Crippen LogP) is 3.15. The molecule has 2 nitrogen and oxygen atoms in total. The van der Waals surface area contributed by atoms with Gasteiger partial charge in [0.15, 0.2) is 0 Å². The lowest BCUT2D eigenvalue weighted by molar-refractivity contribution is 0.388. The summed E-state index contributed by atoms with van der Waals surface area (Å²) in [5.74, 6) is 0.665. The Kier molecular flexibility index (Phi) is 4.08. The number of aromatic nitrogens is 1. The molecule has 3 heteroatoms. The fourth-order valence-corrected chi connectivity index (χ4v) is 2.04. The molecule has 0 fully saturated rings. The average Bonchev–Trinajstić information content (AvgIpc) is 2.51. The molecule has 1 rings (SSSR count). The van der Waals surface area contributed by atoms with Gasteiger partial charge in [-0.1, -0.05) is 13.8 Å². The lowest BCUT2D eigenvalue weighted by atomic mass is 10.1. The van der Waals surface area contributed by atoms with E-state index in [1.807, 2.05) is 6.92 Å². The lowest BCUT2D eigenvalue weighted by Crippen LogP contribution is -2.32. The fourth-order valence-electron chi connectivity index (χ4n) is 1.23. The number of nitrogens with one attached hydrogen (secondary N) is 1. The summed E-state index contributed by atoms with van der Waals surface area (Å²) >= 11 is 1.74. The molecule has 0 saturated carbocycles. The first-order valence-electron chi connectivity index (χ1n) is 5.18. The van der Waals surface area contributed by atoms with Gasteiger partial charge in [0.2, 0.25) is 0 Å². The zero-order valence-corrected chi connectivity index (χ0v) is 10.5. The second kappa shape index (κ2) is 4.89. The third-order valence-electron chi connectivity index (χ3n) is 2.52. The first-order valence-corrected chi connectivity index (χ1v) is 6.06. The van der Waals surface area contributed by atoms with Crippen molar-refractivity contribution in [3.63, 3.8) is 0 Å². The molecule has 0 aliphatic carbocycles. The van der Waals surface area contributed by atoms with Gasteiger partial charge in [-0.05, 0) is 26.7 Å². The molecule has 0 bridgehead atoms. The van der Waals surface area contributed by atoms with Gasteiger partial charge in [-0.25, -0.2) is 4.98 Å². The Morgan fingerprint density at radius 1 is 1.29 bits per heavy atom. The van der Waals surface area contributed by atoms with Gasteiger partial charge >= 0.3 is 0 Å². The van der Waals surface area contributed by atoms with E-state index >= 15 is 0 Å². The number of rotatable bonds is 4. The van der Waals surface area contributed by atoms with Crippen LogP contribution in [0.1, 0.15) is 44.4 Å². The Morgan fingerprint density at radius 2 is 1.93 bits per heavy atom. The summed E-state index contributed by atoms with van der Waals surface area (Å²) in [6.07, 6.45) is 0. The minimum Gasteiger partial charge on any atom is -0.305 e. The Bertz CT molecular complexity index is 281. The van der Waals surface area contributed by atoms with Gasteiger partial charge in [-0.3, -0.25) is 0 Å². The molecule has 0 radical (unpaired) electrons. The van der Waals surface area contributed by atoms with Crippen LogP contribution in [-0.2, 0) is 0 Å². The van der Waals surface area contributed by atoms with Gasteiger partial charge in [0.05, 0.1) is 6.04 Å². The number of hydrogen-bond acceptors (Lipinski definition) is 3. The van der Waals surface area contributed by atoms with E-state index in [9.17, 15) is 0 Å². The van der Waals surface area contributed by atoms with Gasteiger partial charge in [-0.15, -0.1) is 11.3 Å². The van der Waals surface area contributed by atoms with Crippen LogP contribution in [0.15, 0.2) is 5.38 Å². The van der Waals surface area contributed by atoms with Crippen LogP contribution in [0.25, 0.3) is 0 Å². The van der Waals surface area contributed by atoms with Crippen molar-refractivity contribution in [1.82, 2.24) is 10.3 Å². The summed E-state index contributed by atoms with van der Waals surface area (Å²) < 4.78 is 0. The van der Waals surface area contributed by atoms with E-state index in [4.69, 9.17) is 0 Å². The number of thiazole rings is 1. The molecule has 0 spiro atoms. The molecule has 1 aromatic rings. The highest BCUT2D eigenvalue weighted by Gasteiger charge is 2.14. The molecule has 2 unspecified atom stereocenters. The van der Waals surface area contributed by atoms with Crippen LogP contribution in [0.5, 0.6) is 0 Å². The van der Waals surface area contributed by atoms with E-state index in [-0.39, 0.29) is 0 Å². The van der Waals surface area contributed by atoms with E-state index in [0.29, 0.717) is 18.0 Å². The van der Waals surface area contributed by atoms with Gasteiger partial charge in [0, 0.05) is 17.1 Å². The van der Waals surface area contributed by atoms with Crippen molar-refractivity contribution in [3.8, 4) is 0 Å². The molecule has 1 aromatic heterocycles. The van der Waals surface area contributed by atoms with E-state index in [1.165, 1.54) is 5.01 Å². The van der Waals surface area contributed by atoms with Crippen molar-refractivity contribution in [1.29, 1.82) is 0 Å². The molecule has 80 valence electrons. The average molecular weight is 212 g/mol. The highest BCUT2D eigenvalue weighted by Crippen LogP contribution is 2.18. The Balaban J connectivity index is 2.54. The Labute approximate surface area is 90.8 Å². The second-order valence-corrected chi connectivity index (χ2v) is 5.14. The van der Waals surface area contributed by atoms with Crippen molar-refractivity contribution in [2.45, 2.75) is 46.7 Å². The topological polar surface area (TPSA) is 24.9 Å². The smallest absolute Gasteiger partial charge is 0.110 e. The summed E-state index contributed by atoms with van der Waals surface area (Å²) in [6.45, 7) is 10.9. The third kappa shape index (κ3) is 3.07. The zero-order valence-electron chi connectivity index (χ0n) is 9.66. The minimum atomic E-state index is 0.367. The standard InChI is InChI=1S/C11H20N2S/c1-7(2)9(4)13-10(5)11-12-8(3)6-14-11/h6-7,9-10,13H,1-5H3. The van der Waals surface area contributed by atoms with Crippen LogP contribution >= 0.6 is 11.3 Å². The molecule has 0 aromatic carbocycles. The van der Waals surface area contributed by atoms with Crippen molar-refractivity contribution in [3.05, 3.63) is 16.1 Å². The SMILES string of the molecule is Cc1csc(C(C)NC(C)C(C)C)n1. The zero-order chi connectivity index (χ0) is 10.7. The Morgan fingerprint density at radius 3 is 2.36 bits per heavy atom. The molecule has 1 N–H and O–H groups in total. The van der Waals surface area contributed by atoms with E-state index in [0.717, 1.165) is 5.69 Å². The first kappa shape index (κ1) is 11.7. The molecule has 0 saturated heterocycles. The predicted molar refractivity (Wildman–Crippen MR) is 62.7 cm³/mol. The normalized spacial score (nSPS) is 15.9. The summed E-state index contributed by atoms with van der Waals surface area (Å²) in [6, 6.07) is 0.903. The molecular weight excluding hydrogens is 192 g/mol. The summed E-state index contributed by atoms with van der Waals surface area (Å²) in [5.41, 5.74) is 1.12. The van der Waals surface area contributed by atoms with Crippen molar-refractivity contribution in [2.24, 2.45) is 5.92 Å². The summed E-state index contributed by atoms with van der Waals surface area (Å²) in [7, 11) is 0. The third-order valence-corrected chi connectivity index (χ3v) is 3.67. The molecule has 0 aliphatic heterocycles. The fraction of sp³-hybridized carbons (Fsp3) is 0.727. The molecule has 0 aliphatic rings. The van der Waals surface area contributed by atoms with E-state index < -0.39 is 0 Å². The van der Waals surface area contributed by atoms with E-state index in [2.05, 4.69) is 43.4 Å². The quantitative estimate of drug-likeness (QED) is 0.829. The van der Waals surface area contributed by atoms with Crippen molar-refractivity contribution in [2.75, 3.05) is 0 Å². The molecule has 14 heavy (non-hydrogen) atoms. The lowest BCUT2D eigenvalue weighted by Gasteiger charge is -2.21. The molecule has 2 atom stereocenters. The number of nitrogens with zero attached hydrogens (tertiary/aromatic N) is 1. The molecular formula is C11H20N2S. The largest absolute Gasteiger partial charge is 0.305 e. The maximum atomic E-state index is 4.48. The molecule has 0 amide bonds. The van der Waals surface area contributed by atoms with Crippen LogP contribution < -0.4 is 5.32 Å². The van der Waals surface area contributed by atoms with Crippen LogP contribution in [0, 0.1) is 12.8 Å². The maximum Gasteiger partial charge on any atom is 0.110 e. The van der Waals surface area contributed by atoms with Crippen LogP contribution in [-0.4, -0.2) is 11.0 Å². The van der Waals surface area contributed by atoms with E-state index in [1.54, 1.807) is 11.3 Å². The van der Waals surface area contributed by atoms with Crippen LogP contribution in [0.2, 0.25) is 0 Å². The van der Waals surface area contributed by atoms with Gasteiger partial charge < -0.3 is 5.32 Å². The van der Waals surface area contributed by atoms with Crippen LogP contribution in [0.3, 0.4) is 0 Å². The summed E-state index contributed by atoms with van der Waals surface area (Å²) in [4.78, 5) is 4.48. The summed E-state index contributed by atoms with van der Waals surface area (Å²) in [5, 5.41) is 6.85. The minimum absolute atomic E-state index is 0.367. The highest BCUT2D eigenvalue weighted by atomic mass is 32.1. The first-order chi connectivity index (χ1) is 6.50. The number of hydrogen-bond donors (Lipinski definition) is 1. The van der Waals surface area contributed by atoms with Gasteiger partial charge in [0.1, 0.15) is 5.01 Å². The van der Waals surface area contributed by atoms with Crippen molar-refractivity contribution < 1.29 is 0 Å². The van der Waals surface area contributed by atoms with Gasteiger partial charge in [0.25, 0.3) is 0 Å². The van der Waals surface area contributed by atoms with Crippen LogP contribution in [0.4, 0.5) is 0 Å². The second-order valence-electron chi connectivity index (χ2n) is 4.25. The van der Waals surface area contributed by atoms with Crippen molar-refractivity contribution >= 4 is 11.3 Å². The maximum absolute atomic E-state index is 4.48.